The molecule has 1 aromatic carbocycles. The summed E-state index contributed by atoms with van der Waals surface area (Å²) in [4.78, 5) is 14.7. The van der Waals surface area contributed by atoms with E-state index >= 15 is 0 Å². The number of ether oxygens (including phenoxy) is 2. The maximum Gasteiger partial charge on any atom is 0.226 e. The van der Waals surface area contributed by atoms with Gasteiger partial charge in [-0.1, -0.05) is 31.2 Å². The molecule has 1 aliphatic heterocycles. The smallest absolute Gasteiger partial charge is 0.226 e. The molecule has 0 N–H and O–H groups in total. The van der Waals surface area contributed by atoms with Crippen LogP contribution in [0.4, 0.5) is 0 Å². The summed E-state index contributed by atoms with van der Waals surface area (Å²) in [6.07, 6.45) is 2.70. The lowest BCUT2D eigenvalue weighted by Crippen LogP contribution is -2.39. The summed E-state index contributed by atoms with van der Waals surface area (Å²) < 4.78 is 10.5. The summed E-state index contributed by atoms with van der Waals surface area (Å²) in [6, 6.07) is 8.53. The van der Waals surface area contributed by atoms with Crippen molar-refractivity contribution in [1.29, 1.82) is 0 Å². The highest BCUT2D eigenvalue weighted by Gasteiger charge is 2.26. The molecular formula is C18H27NO3. The molecule has 1 aliphatic rings. The molecule has 0 aliphatic carbocycles. The van der Waals surface area contributed by atoms with Gasteiger partial charge < -0.3 is 14.4 Å². The van der Waals surface area contributed by atoms with E-state index < -0.39 is 0 Å². The van der Waals surface area contributed by atoms with Crippen LogP contribution >= 0.6 is 0 Å². The van der Waals surface area contributed by atoms with Gasteiger partial charge in [-0.25, -0.2) is 0 Å². The number of hydrogen-bond donors (Lipinski definition) is 0. The molecule has 1 saturated heterocycles. The minimum absolute atomic E-state index is 0.0977. The Labute approximate surface area is 133 Å². The first kappa shape index (κ1) is 17.0. The van der Waals surface area contributed by atoms with Gasteiger partial charge in [-0.05, 0) is 30.4 Å². The van der Waals surface area contributed by atoms with Crippen molar-refractivity contribution in [3.05, 3.63) is 35.4 Å². The van der Waals surface area contributed by atoms with Crippen LogP contribution < -0.4 is 0 Å². The van der Waals surface area contributed by atoms with Gasteiger partial charge in [-0.3, -0.25) is 4.79 Å². The van der Waals surface area contributed by atoms with Crippen LogP contribution in [-0.2, 0) is 27.2 Å². The van der Waals surface area contributed by atoms with Gasteiger partial charge in [-0.2, -0.15) is 0 Å². The monoisotopic (exact) mass is 305 g/mol. The van der Waals surface area contributed by atoms with Crippen LogP contribution in [0.2, 0.25) is 0 Å². The lowest BCUT2D eigenvalue weighted by Gasteiger charge is -2.29. The number of rotatable bonds is 7. The number of carbonyl (C=O) groups is 1. The zero-order valence-electron chi connectivity index (χ0n) is 13.7. The zero-order valence-corrected chi connectivity index (χ0v) is 13.7. The molecule has 1 fully saturated rings. The van der Waals surface area contributed by atoms with Crippen molar-refractivity contribution in [3.63, 3.8) is 0 Å². The minimum atomic E-state index is 0.0977. The predicted octanol–water partition coefficient (Wildman–Crippen LogP) is 2.65. The van der Waals surface area contributed by atoms with E-state index in [0.29, 0.717) is 32.9 Å². The number of hydrogen-bond acceptors (Lipinski definition) is 3. The zero-order chi connectivity index (χ0) is 15.8. The Hall–Kier alpha value is -1.39. The highest BCUT2D eigenvalue weighted by Crippen LogP contribution is 2.19. The van der Waals surface area contributed by atoms with Crippen molar-refractivity contribution in [2.45, 2.75) is 32.7 Å². The molecule has 4 heteroatoms. The van der Waals surface area contributed by atoms with Crippen LogP contribution in [0.15, 0.2) is 24.3 Å². The van der Waals surface area contributed by atoms with Gasteiger partial charge in [0.05, 0.1) is 6.61 Å². The Morgan fingerprint density at radius 2 is 1.86 bits per heavy atom. The Morgan fingerprint density at radius 3 is 2.45 bits per heavy atom. The van der Waals surface area contributed by atoms with Gasteiger partial charge in [0.25, 0.3) is 0 Å². The van der Waals surface area contributed by atoms with Crippen LogP contribution in [0.3, 0.4) is 0 Å². The standard InChI is InChI=1S/C18H27NO3/c1-3-15-4-6-16(7-5-15)14-19(10-13-21-2)18(20)17-8-11-22-12-9-17/h4-7,17H,3,8-14H2,1-2H3. The summed E-state index contributed by atoms with van der Waals surface area (Å²) >= 11 is 0. The number of nitrogens with zero attached hydrogens (tertiary/aromatic N) is 1. The van der Waals surface area contributed by atoms with E-state index in [1.807, 2.05) is 4.90 Å². The van der Waals surface area contributed by atoms with Gasteiger partial charge in [-0.15, -0.1) is 0 Å². The van der Waals surface area contributed by atoms with Crippen LogP contribution in [0.5, 0.6) is 0 Å². The van der Waals surface area contributed by atoms with Crippen molar-refractivity contribution < 1.29 is 14.3 Å². The number of amides is 1. The molecule has 122 valence electrons. The second-order valence-electron chi connectivity index (χ2n) is 5.81. The number of aryl methyl sites for hydroxylation is 1. The molecule has 1 aromatic rings. The Morgan fingerprint density at radius 1 is 1.23 bits per heavy atom. The van der Waals surface area contributed by atoms with Crippen LogP contribution in [-0.4, -0.2) is 44.3 Å². The molecule has 4 nitrogen and oxygen atoms in total. The van der Waals surface area contributed by atoms with E-state index in [2.05, 4.69) is 31.2 Å². The normalized spacial score (nSPS) is 15.7. The summed E-state index contributed by atoms with van der Waals surface area (Å²) in [5.41, 5.74) is 2.50. The first-order valence-corrected chi connectivity index (χ1v) is 8.18. The third kappa shape index (κ3) is 4.82. The van der Waals surface area contributed by atoms with Gasteiger partial charge in [0, 0.05) is 39.3 Å². The first-order chi connectivity index (χ1) is 10.7. The predicted molar refractivity (Wildman–Crippen MR) is 86.7 cm³/mol. The minimum Gasteiger partial charge on any atom is -0.383 e. The van der Waals surface area contributed by atoms with Crippen molar-refractivity contribution in [3.8, 4) is 0 Å². The van der Waals surface area contributed by atoms with Crippen LogP contribution in [0.1, 0.15) is 30.9 Å². The maximum atomic E-state index is 12.7. The molecule has 0 saturated carbocycles. The van der Waals surface area contributed by atoms with Gasteiger partial charge in [0.15, 0.2) is 0 Å². The number of benzene rings is 1. The second-order valence-corrected chi connectivity index (χ2v) is 5.81. The fraction of sp³-hybridized carbons (Fsp3) is 0.611. The molecule has 22 heavy (non-hydrogen) atoms. The molecule has 0 spiro atoms. The van der Waals surface area contributed by atoms with Crippen molar-refractivity contribution in [2.75, 3.05) is 33.5 Å². The maximum absolute atomic E-state index is 12.7. The van der Waals surface area contributed by atoms with E-state index in [0.717, 1.165) is 19.3 Å². The van der Waals surface area contributed by atoms with Gasteiger partial charge >= 0.3 is 0 Å². The van der Waals surface area contributed by atoms with Crippen LogP contribution in [0.25, 0.3) is 0 Å². The average molecular weight is 305 g/mol. The third-order valence-corrected chi connectivity index (χ3v) is 4.25. The summed E-state index contributed by atoms with van der Waals surface area (Å²) in [6.45, 7) is 5.40. The van der Waals surface area contributed by atoms with Gasteiger partial charge in [0.1, 0.15) is 0 Å². The first-order valence-electron chi connectivity index (χ1n) is 8.18. The van der Waals surface area contributed by atoms with Crippen molar-refractivity contribution in [2.24, 2.45) is 5.92 Å². The van der Waals surface area contributed by atoms with Crippen molar-refractivity contribution >= 4 is 5.91 Å². The molecule has 0 radical (unpaired) electrons. The van der Waals surface area contributed by atoms with Gasteiger partial charge in [0.2, 0.25) is 5.91 Å². The Bertz CT molecular complexity index is 452. The lowest BCUT2D eigenvalue weighted by molar-refractivity contribution is -0.139. The van der Waals surface area contributed by atoms with E-state index in [1.54, 1.807) is 7.11 Å². The largest absolute Gasteiger partial charge is 0.383 e. The molecule has 0 bridgehead atoms. The molecule has 1 heterocycles. The van der Waals surface area contributed by atoms with E-state index in [4.69, 9.17) is 9.47 Å². The molecule has 2 rings (SSSR count). The molecule has 0 aromatic heterocycles. The molecular weight excluding hydrogens is 278 g/mol. The second kappa shape index (κ2) is 8.91. The molecule has 0 atom stereocenters. The quantitative estimate of drug-likeness (QED) is 0.777. The number of methoxy groups -OCH3 is 1. The SMILES string of the molecule is CCc1ccc(CN(CCOC)C(=O)C2CCOCC2)cc1. The molecule has 1 amide bonds. The highest BCUT2D eigenvalue weighted by molar-refractivity contribution is 5.79. The fourth-order valence-electron chi connectivity index (χ4n) is 2.77. The van der Waals surface area contributed by atoms with Crippen LogP contribution in [0, 0.1) is 5.92 Å². The lowest BCUT2D eigenvalue weighted by atomic mass is 9.98. The third-order valence-electron chi connectivity index (χ3n) is 4.25. The summed E-state index contributed by atoms with van der Waals surface area (Å²) in [7, 11) is 1.67. The van der Waals surface area contributed by atoms with E-state index in [-0.39, 0.29) is 11.8 Å². The molecule has 0 unspecified atom stereocenters. The van der Waals surface area contributed by atoms with E-state index in [1.165, 1.54) is 11.1 Å². The topological polar surface area (TPSA) is 38.8 Å². The number of carbonyl (C=O) groups excluding carboxylic acids is 1. The van der Waals surface area contributed by atoms with Crippen molar-refractivity contribution in [1.82, 2.24) is 4.90 Å². The summed E-state index contributed by atoms with van der Waals surface area (Å²) in [5.74, 6) is 0.334. The van der Waals surface area contributed by atoms with E-state index in [9.17, 15) is 4.79 Å². The highest BCUT2D eigenvalue weighted by atomic mass is 16.5. The average Bonchev–Trinajstić information content (AvgIpc) is 2.59. The Kier molecular flexibility index (Phi) is 6.87. The summed E-state index contributed by atoms with van der Waals surface area (Å²) in [5, 5.41) is 0. The fourth-order valence-corrected chi connectivity index (χ4v) is 2.77. The Balaban J connectivity index is 2.01.